The normalized spacial score (nSPS) is 14.6. The first-order chi connectivity index (χ1) is 24.8. The third-order valence-electron chi connectivity index (χ3n) is 11.8. The van der Waals surface area contributed by atoms with Gasteiger partial charge < -0.3 is 18.6 Å². The van der Waals surface area contributed by atoms with Crippen molar-refractivity contribution in [3.8, 4) is 28.4 Å². The van der Waals surface area contributed by atoms with Gasteiger partial charge in [-0.1, -0.05) is 86.7 Å². The standard InChI is InChI=1S/C47H44O4/c1-8-47(9-2)39-16-12-10-15-35(39)44-38-28-43(50-7)42(49-6)27-36(38)29(3)33(45(44)47)24-25-46(4,30-18-21-32(48-5)22-19-30)31-20-23-41-37(26-31)34-14-11-13-17-40(34)51-41/h10-28H,8-9H2,1-7H3/b25-24-. The fourth-order valence-corrected chi connectivity index (χ4v) is 8.82. The Morgan fingerprint density at radius 2 is 1.31 bits per heavy atom. The van der Waals surface area contributed by atoms with Gasteiger partial charge in [0.15, 0.2) is 11.5 Å². The summed E-state index contributed by atoms with van der Waals surface area (Å²) in [7, 11) is 5.14. The molecule has 1 unspecified atom stereocenters. The highest BCUT2D eigenvalue weighted by atomic mass is 16.5. The maximum atomic E-state index is 6.25. The zero-order valence-electron chi connectivity index (χ0n) is 30.5. The summed E-state index contributed by atoms with van der Waals surface area (Å²) >= 11 is 0. The second-order valence-electron chi connectivity index (χ2n) is 13.9. The Morgan fingerprint density at radius 3 is 2.02 bits per heavy atom. The third-order valence-corrected chi connectivity index (χ3v) is 11.8. The van der Waals surface area contributed by atoms with Gasteiger partial charge in [-0.2, -0.15) is 0 Å². The number of rotatable bonds is 9. The molecule has 0 spiro atoms. The second kappa shape index (κ2) is 12.4. The van der Waals surface area contributed by atoms with Crippen molar-refractivity contribution in [1.82, 2.24) is 0 Å². The van der Waals surface area contributed by atoms with Crippen molar-refractivity contribution < 1.29 is 18.6 Å². The van der Waals surface area contributed by atoms with Gasteiger partial charge in [0.2, 0.25) is 0 Å². The molecule has 0 saturated carbocycles. The van der Waals surface area contributed by atoms with E-state index in [-0.39, 0.29) is 5.41 Å². The molecule has 0 radical (unpaired) electrons. The van der Waals surface area contributed by atoms with Gasteiger partial charge in [0.25, 0.3) is 0 Å². The summed E-state index contributed by atoms with van der Waals surface area (Å²) in [6.45, 7) is 9.26. The van der Waals surface area contributed by atoms with Crippen LogP contribution in [0.1, 0.15) is 67.0 Å². The molecular formula is C47H44O4. The SMILES string of the molecule is CCC1(CC)c2ccccc2-c2c1c(/C=C\C(C)(c1ccc(OC)cc1)c1ccc3oc4ccccc4c3c1)c(C)c1cc(OC)c(OC)cc21. The van der Waals surface area contributed by atoms with Crippen LogP contribution < -0.4 is 14.2 Å². The minimum Gasteiger partial charge on any atom is -0.497 e. The van der Waals surface area contributed by atoms with E-state index in [4.69, 9.17) is 18.6 Å². The van der Waals surface area contributed by atoms with Gasteiger partial charge in [0.1, 0.15) is 16.9 Å². The fraction of sp³-hybridized carbons (Fsp3) is 0.234. The lowest BCUT2D eigenvalue weighted by molar-refractivity contribution is 0.356. The lowest BCUT2D eigenvalue weighted by Gasteiger charge is -2.33. The minimum absolute atomic E-state index is 0.136. The van der Waals surface area contributed by atoms with Crippen LogP contribution in [0.2, 0.25) is 0 Å². The molecule has 7 aromatic rings. The fourth-order valence-electron chi connectivity index (χ4n) is 8.82. The van der Waals surface area contributed by atoms with E-state index in [1.54, 1.807) is 21.3 Å². The molecule has 0 saturated heterocycles. The van der Waals surface area contributed by atoms with Gasteiger partial charge in [-0.25, -0.2) is 0 Å². The van der Waals surface area contributed by atoms with E-state index >= 15 is 0 Å². The van der Waals surface area contributed by atoms with Crippen LogP contribution in [-0.2, 0) is 10.8 Å². The molecular weight excluding hydrogens is 629 g/mol. The number of hydrogen-bond acceptors (Lipinski definition) is 4. The lowest BCUT2D eigenvalue weighted by Crippen LogP contribution is -2.25. The molecule has 0 bridgehead atoms. The smallest absolute Gasteiger partial charge is 0.161 e. The summed E-state index contributed by atoms with van der Waals surface area (Å²) in [5.74, 6) is 2.31. The lowest BCUT2D eigenvalue weighted by atomic mass is 9.70. The van der Waals surface area contributed by atoms with Crippen LogP contribution in [0, 0.1) is 6.92 Å². The molecule has 0 fully saturated rings. The Morgan fingerprint density at radius 1 is 0.667 bits per heavy atom. The maximum Gasteiger partial charge on any atom is 0.161 e. The average Bonchev–Trinajstić information content (AvgIpc) is 3.70. The number of hydrogen-bond donors (Lipinski definition) is 0. The van der Waals surface area contributed by atoms with Gasteiger partial charge in [0, 0.05) is 21.6 Å². The van der Waals surface area contributed by atoms with E-state index in [1.165, 1.54) is 55.3 Å². The number of allylic oxidation sites excluding steroid dienone is 1. The summed E-state index contributed by atoms with van der Waals surface area (Å²) < 4.78 is 23.6. The van der Waals surface area contributed by atoms with E-state index in [0.29, 0.717) is 0 Å². The molecule has 1 atom stereocenters. The summed E-state index contributed by atoms with van der Waals surface area (Å²) in [5.41, 5.74) is 11.4. The summed E-state index contributed by atoms with van der Waals surface area (Å²) in [6, 6.07) is 36.7. The first-order valence-corrected chi connectivity index (χ1v) is 17.9. The molecule has 1 aliphatic rings. The predicted octanol–water partition coefficient (Wildman–Crippen LogP) is 12.2. The van der Waals surface area contributed by atoms with Crippen LogP contribution in [0.5, 0.6) is 17.2 Å². The minimum atomic E-state index is -0.489. The second-order valence-corrected chi connectivity index (χ2v) is 13.9. The largest absolute Gasteiger partial charge is 0.497 e. The molecule has 4 nitrogen and oxygen atoms in total. The van der Waals surface area contributed by atoms with Gasteiger partial charge in [0.05, 0.1) is 21.3 Å². The Bertz CT molecular complexity index is 2480. The first-order valence-electron chi connectivity index (χ1n) is 17.9. The highest BCUT2D eigenvalue weighted by Gasteiger charge is 2.43. The number of fused-ring (bicyclic) bond motifs is 8. The van der Waals surface area contributed by atoms with Crippen molar-refractivity contribution in [2.75, 3.05) is 21.3 Å². The summed E-state index contributed by atoms with van der Waals surface area (Å²) in [4.78, 5) is 0. The van der Waals surface area contributed by atoms with Crippen molar-refractivity contribution in [2.45, 2.75) is 51.4 Å². The van der Waals surface area contributed by atoms with E-state index in [2.05, 4.69) is 131 Å². The van der Waals surface area contributed by atoms with Crippen LogP contribution in [-0.4, -0.2) is 21.3 Å². The van der Waals surface area contributed by atoms with Gasteiger partial charge in [-0.15, -0.1) is 0 Å². The van der Waals surface area contributed by atoms with Crippen LogP contribution in [0.3, 0.4) is 0 Å². The topological polar surface area (TPSA) is 40.8 Å². The van der Waals surface area contributed by atoms with Crippen LogP contribution >= 0.6 is 0 Å². The quantitative estimate of drug-likeness (QED) is 0.153. The highest BCUT2D eigenvalue weighted by molar-refractivity contribution is 6.08. The summed E-state index contributed by atoms with van der Waals surface area (Å²) in [6.07, 6.45) is 6.80. The van der Waals surface area contributed by atoms with Crippen molar-refractivity contribution in [2.24, 2.45) is 0 Å². The Balaban J connectivity index is 1.43. The molecule has 0 amide bonds. The number of ether oxygens (including phenoxy) is 3. The van der Waals surface area contributed by atoms with Crippen LogP contribution in [0.4, 0.5) is 0 Å². The predicted molar refractivity (Wildman–Crippen MR) is 211 cm³/mol. The number of benzene rings is 6. The van der Waals surface area contributed by atoms with Crippen molar-refractivity contribution in [1.29, 1.82) is 0 Å². The maximum absolute atomic E-state index is 6.25. The molecule has 6 aromatic carbocycles. The van der Waals surface area contributed by atoms with E-state index in [9.17, 15) is 0 Å². The Labute approximate surface area is 300 Å². The molecule has 256 valence electrons. The summed E-state index contributed by atoms with van der Waals surface area (Å²) in [5, 5.41) is 4.60. The van der Waals surface area contributed by atoms with Gasteiger partial charge in [-0.3, -0.25) is 0 Å². The average molecular weight is 673 g/mol. The molecule has 51 heavy (non-hydrogen) atoms. The number of furan rings is 1. The molecule has 8 rings (SSSR count). The number of para-hydroxylation sites is 1. The van der Waals surface area contributed by atoms with Crippen molar-refractivity contribution >= 4 is 38.8 Å². The third kappa shape index (κ3) is 4.80. The first kappa shape index (κ1) is 32.7. The number of aryl methyl sites for hydroxylation is 1. The van der Waals surface area contributed by atoms with E-state index in [0.717, 1.165) is 52.0 Å². The molecule has 0 N–H and O–H groups in total. The molecule has 0 aliphatic heterocycles. The van der Waals surface area contributed by atoms with E-state index < -0.39 is 5.41 Å². The van der Waals surface area contributed by atoms with Crippen LogP contribution in [0.15, 0.2) is 114 Å². The molecule has 1 aliphatic carbocycles. The molecule has 1 heterocycles. The van der Waals surface area contributed by atoms with Crippen molar-refractivity contribution in [3.63, 3.8) is 0 Å². The number of methoxy groups -OCH3 is 3. The zero-order valence-corrected chi connectivity index (χ0v) is 30.5. The van der Waals surface area contributed by atoms with Crippen LogP contribution in [0.25, 0.3) is 49.9 Å². The van der Waals surface area contributed by atoms with Gasteiger partial charge in [-0.05, 0) is 124 Å². The van der Waals surface area contributed by atoms with E-state index in [1.807, 2.05) is 12.1 Å². The molecule has 4 heteroatoms. The Kier molecular flexibility index (Phi) is 7.94. The van der Waals surface area contributed by atoms with Gasteiger partial charge >= 0.3 is 0 Å². The molecule has 1 aromatic heterocycles. The zero-order chi connectivity index (χ0) is 35.5. The monoisotopic (exact) mass is 672 g/mol. The Hall–Kier alpha value is -5.48. The van der Waals surface area contributed by atoms with Crippen molar-refractivity contribution in [3.05, 3.63) is 143 Å². The highest BCUT2D eigenvalue weighted by Crippen LogP contribution is 2.58.